The summed E-state index contributed by atoms with van der Waals surface area (Å²) in [5.74, 6) is 0.822. The summed E-state index contributed by atoms with van der Waals surface area (Å²) in [4.78, 5) is 13.8. The molecule has 0 aromatic heterocycles. The van der Waals surface area contributed by atoms with Crippen molar-refractivity contribution in [3.05, 3.63) is 29.8 Å². The minimum Gasteiger partial charge on any atom is -0.497 e. The third-order valence-corrected chi connectivity index (χ3v) is 3.06. The molecule has 0 saturated carbocycles. The highest BCUT2D eigenvalue weighted by Gasteiger charge is 2.18. The predicted molar refractivity (Wildman–Crippen MR) is 72.3 cm³/mol. The monoisotopic (exact) mass is 250 g/mol. The summed E-state index contributed by atoms with van der Waals surface area (Å²) in [6.07, 6.45) is 0.776. The van der Waals surface area contributed by atoms with Gasteiger partial charge in [-0.2, -0.15) is 0 Å². The van der Waals surface area contributed by atoms with Gasteiger partial charge in [-0.15, -0.1) is 0 Å². The van der Waals surface area contributed by atoms with E-state index in [1.54, 1.807) is 19.1 Å². The number of methoxy groups -OCH3 is 1. The molecule has 0 bridgehead atoms. The Hall–Kier alpha value is -1.55. The molecule has 0 aliphatic heterocycles. The van der Waals surface area contributed by atoms with E-state index in [-0.39, 0.29) is 11.8 Å². The average Bonchev–Trinajstić information content (AvgIpc) is 2.40. The Morgan fingerprint density at radius 2 is 2.22 bits per heavy atom. The summed E-state index contributed by atoms with van der Waals surface area (Å²) in [6, 6.07) is 7.73. The van der Waals surface area contributed by atoms with Gasteiger partial charge >= 0.3 is 0 Å². The lowest BCUT2D eigenvalue weighted by Crippen LogP contribution is -2.35. The minimum absolute atomic E-state index is 0.0828. The van der Waals surface area contributed by atoms with Crippen LogP contribution in [0.1, 0.15) is 18.9 Å². The molecule has 0 aliphatic carbocycles. The number of carbonyl (C=O) groups excluding carboxylic acids is 1. The van der Waals surface area contributed by atoms with Gasteiger partial charge in [-0.1, -0.05) is 19.1 Å². The van der Waals surface area contributed by atoms with Crippen molar-refractivity contribution in [2.75, 3.05) is 20.7 Å². The van der Waals surface area contributed by atoms with Gasteiger partial charge in [0.2, 0.25) is 5.91 Å². The van der Waals surface area contributed by atoms with E-state index in [9.17, 15) is 4.79 Å². The molecule has 1 unspecified atom stereocenters. The van der Waals surface area contributed by atoms with E-state index in [0.29, 0.717) is 13.1 Å². The molecular formula is C14H22N2O2. The van der Waals surface area contributed by atoms with Crippen molar-refractivity contribution in [3.63, 3.8) is 0 Å². The van der Waals surface area contributed by atoms with Crippen molar-refractivity contribution in [1.82, 2.24) is 4.90 Å². The van der Waals surface area contributed by atoms with E-state index in [1.165, 1.54) is 0 Å². The van der Waals surface area contributed by atoms with Crippen molar-refractivity contribution in [3.8, 4) is 5.75 Å². The summed E-state index contributed by atoms with van der Waals surface area (Å²) in [6.45, 7) is 2.96. The second-order valence-corrected chi connectivity index (χ2v) is 4.39. The molecule has 1 atom stereocenters. The van der Waals surface area contributed by atoms with Crippen molar-refractivity contribution in [2.24, 2.45) is 11.7 Å². The van der Waals surface area contributed by atoms with E-state index in [1.807, 2.05) is 31.2 Å². The Kier molecular flexibility index (Phi) is 5.65. The van der Waals surface area contributed by atoms with E-state index >= 15 is 0 Å². The zero-order chi connectivity index (χ0) is 13.5. The average molecular weight is 250 g/mol. The largest absolute Gasteiger partial charge is 0.497 e. The van der Waals surface area contributed by atoms with E-state index in [0.717, 1.165) is 17.7 Å². The lowest BCUT2D eigenvalue weighted by molar-refractivity contribution is -0.134. The van der Waals surface area contributed by atoms with Crippen LogP contribution < -0.4 is 10.5 Å². The number of hydrogen-bond donors (Lipinski definition) is 1. The first-order valence-electron chi connectivity index (χ1n) is 6.20. The Balaban J connectivity index is 2.68. The Morgan fingerprint density at radius 3 is 2.78 bits per heavy atom. The van der Waals surface area contributed by atoms with Gasteiger partial charge in [0, 0.05) is 20.1 Å². The molecule has 4 heteroatoms. The van der Waals surface area contributed by atoms with Crippen LogP contribution in [0.5, 0.6) is 5.75 Å². The fourth-order valence-electron chi connectivity index (χ4n) is 1.88. The molecule has 1 aromatic carbocycles. The van der Waals surface area contributed by atoms with Gasteiger partial charge in [-0.05, 0) is 24.1 Å². The molecule has 4 nitrogen and oxygen atoms in total. The molecule has 18 heavy (non-hydrogen) atoms. The summed E-state index contributed by atoms with van der Waals surface area (Å²) in [5.41, 5.74) is 6.65. The van der Waals surface area contributed by atoms with Crippen LogP contribution in [0.25, 0.3) is 0 Å². The maximum absolute atomic E-state index is 12.1. The normalized spacial score (nSPS) is 12.0. The Labute approximate surface area is 109 Å². The van der Waals surface area contributed by atoms with Crippen LogP contribution in [0.2, 0.25) is 0 Å². The lowest BCUT2D eigenvalue weighted by Gasteiger charge is -2.22. The molecule has 2 N–H and O–H groups in total. The first-order chi connectivity index (χ1) is 8.62. The van der Waals surface area contributed by atoms with Gasteiger partial charge in [0.25, 0.3) is 0 Å². The maximum atomic E-state index is 12.1. The molecule has 0 fully saturated rings. The van der Waals surface area contributed by atoms with E-state index in [4.69, 9.17) is 10.5 Å². The maximum Gasteiger partial charge on any atom is 0.226 e. The van der Waals surface area contributed by atoms with Crippen LogP contribution in [-0.2, 0) is 11.3 Å². The predicted octanol–water partition coefficient (Wildman–Crippen LogP) is 1.64. The number of hydrogen-bond acceptors (Lipinski definition) is 3. The summed E-state index contributed by atoms with van der Waals surface area (Å²) >= 11 is 0. The third-order valence-electron chi connectivity index (χ3n) is 3.06. The first-order valence-corrected chi connectivity index (χ1v) is 6.20. The molecule has 0 spiro atoms. The van der Waals surface area contributed by atoms with Crippen molar-refractivity contribution in [2.45, 2.75) is 19.9 Å². The van der Waals surface area contributed by atoms with Crippen molar-refractivity contribution < 1.29 is 9.53 Å². The van der Waals surface area contributed by atoms with Gasteiger partial charge in [0.15, 0.2) is 0 Å². The summed E-state index contributed by atoms with van der Waals surface area (Å²) in [5, 5.41) is 0. The molecule has 0 saturated heterocycles. The fourth-order valence-corrected chi connectivity index (χ4v) is 1.88. The number of amides is 1. The van der Waals surface area contributed by atoms with Gasteiger partial charge in [-0.3, -0.25) is 4.79 Å². The molecule has 1 amide bonds. The first kappa shape index (κ1) is 14.5. The quantitative estimate of drug-likeness (QED) is 0.835. The third kappa shape index (κ3) is 3.74. The minimum atomic E-state index is -0.0828. The van der Waals surface area contributed by atoms with Crippen LogP contribution >= 0.6 is 0 Å². The number of carbonyl (C=O) groups is 1. The molecule has 1 rings (SSSR count). The Morgan fingerprint density at radius 1 is 1.50 bits per heavy atom. The number of benzene rings is 1. The van der Waals surface area contributed by atoms with E-state index in [2.05, 4.69) is 0 Å². The number of nitrogens with two attached hydrogens (primary N) is 1. The lowest BCUT2D eigenvalue weighted by atomic mass is 10.1. The standard InChI is InChI=1S/C14H22N2O2/c1-4-12(9-15)14(17)16(2)10-11-6-5-7-13(8-11)18-3/h5-8,12H,4,9-10,15H2,1-3H3. The molecule has 100 valence electrons. The van der Waals surface area contributed by atoms with E-state index < -0.39 is 0 Å². The number of rotatable bonds is 6. The van der Waals surface area contributed by atoms with Crippen LogP contribution in [0, 0.1) is 5.92 Å². The van der Waals surface area contributed by atoms with Crippen LogP contribution in [-0.4, -0.2) is 31.5 Å². The second kappa shape index (κ2) is 7.01. The zero-order valence-corrected chi connectivity index (χ0v) is 11.3. The fraction of sp³-hybridized carbons (Fsp3) is 0.500. The summed E-state index contributed by atoms with van der Waals surface area (Å²) in [7, 11) is 3.44. The Bertz CT molecular complexity index is 389. The number of ether oxygens (including phenoxy) is 1. The van der Waals surface area contributed by atoms with Crippen LogP contribution in [0.4, 0.5) is 0 Å². The SMILES string of the molecule is CCC(CN)C(=O)N(C)Cc1cccc(OC)c1. The van der Waals surface area contributed by atoms with Gasteiger partial charge in [-0.25, -0.2) is 0 Å². The topological polar surface area (TPSA) is 55.6 Å². The van der Waals surface area contributed by atoms with Crippen molar-refractivity contribution in [1.29, 1.82) is 0 Å². The number of nitrogens with zero attached hydrogens (tertiary/aromatic N) is 1. The smallest absolute Gasteiger partial charge is 0.226 e. The van der Waals surface area contributed by atoms with Crippen LogP contribution in [0.3, 0.4) is 0 Å². The molecule has 0 heterocycles. The molecular weight excluding hydrogens is 228 g/mol. The van der Waals surface area contributed by atoms with Gasteiger partial charge < -0.3 is 15.4 Å². The molecule has 0 radical (unpaired) electrons. The van der Waals surface area contributed by atoms with Crippen LogP contribution in [0.15, 0.2) is 24.3 Å². The highest BCUT2D eigenvalue weighted by molar-refractivity contribution is 5.78. The second-order valence-electron chi connectivity index (χ2n) is 4.39. The molecule has 1 aromatic rings. The van der Waals surface area contributed by atoms with Gasteiger partial charge in [0.1, 0.15) is 5.75 Å². The van der Waals surface area contributed by atoms with Gasteiger partial charge in [0.05, 0.1) is 13.0 Å². The van der Waals surface area contributed by atoms with Crippen molar-refractivity contribution >= 4 is 5.91 Å². The highest BCUT2D eigenvalue weighted by atomic mass is 16.5. The zero-order valence-electron chi connectivity index (χ0n) is 11.3. The molecule has 0 aliphatic rings. The highest BCUT2D eigenvalue weighted by Crippen LogP contribution is 2.15. The summed E-state index contributed by atoms with van der Waals surface area (Å²) < 4.78 is 5.16.